The molecule has 0 radical (unpaired) electrons. The molecule has 0 spiro atoms. The van der Waals surface area contributed by atoms with E-state index in [1.807, 2.05) is 36.6 Å². The third kappa shape index (κ3) is 5.87. The Balaban J connectivity index is 1.58. The average Bonchev–Trinajstić information content (AvgIpc) is 3.15. The van der Waals surface area contributed by atoms with E-state index in [-0.39, 0.29) is 28.5 Å². The van der Waals surface area contributed by atoms with Gasteiger partial charge in [-0.3, -0.25) is 9.59 Å². The molecule has 0 saturated carbocycles. The lowest BCUT2D eigenvalue weighted by atomic mass is 10.1. The van der Waals surface area contributed by atoms with Crippen LogP contribution >= 0.6 is 23.1 Å². The van der Waals surface area contributed by atoms with Gasteiger partial charge in [0.15, 0.2) is 5.13 Å². The van der Waals surface area contributed by atoms with Crippen LogP contribution in [0, 0.1) is 11.6 Å². The molecule has 30 heavy (non-hydrogen) atoms. The molecule has 5 nitrogen and oxygen atoms in total. The summed E-state index contributed by atoms with van der Waals surface area (Å²) in [5, 5.41) is 7.78. The number of carbonyl (C=O) groups is 2. The summed E-state index contributed by atoms with van der Waals surface area (Å²) in [6, 6.07) is 10.8. The first-order chi connectivity index (χ1) is 14.3. The number of nitrogens with one attached hydrogen (secondary N) is 2. The highest BCUT2D eigenvalue weighted by Crippen LogP contribution is 2.27. The molecule has 0 bridgehead atoms. The van der Waals surface area contributed by atoms with Crippen LogP contribution in [-0.4, -0.2) is 22.6 Å². The molecule has 1 aromatic heterocycles. The molecule has 1 heterocycles. The van der Waals surface area contributed by atoms with E-state index in [0.29, 0.717) is 10.8 Å². The Bertz CT molecular complexity index is 1050. The van der Waals surface area contributed by atoms with Crippen molar-refractivity contribution in [2.24, 2.45) is 0 Å². The fourth-order valence-corrected chi connectivity index (χ4v) is 4.14. The number of hydrogen-bond acceptors (Lipinski definition) is 5. The second-order valence-electron chi connectivity index (χ2n) is 6.49. The maximum Gasteiger partial charge on any atom is 0.236 e. The van der Waals surface area contributed by atoms with Crippen LogP contribution in [0.1, 0.15) is 25.5 Å². The lowest BCUT2D eigenvalue weighted by molar-refractivity contribution is -0.119. The number of benzene rings is 2. The van der Waals surface area contributed by atoms with Gasteiger partial charge in [0, 0.05) is 28.8 Å². The molecular weight excluding hydrogens is 428 g/mol. The summed E-state index contributed by atoms with van der Waals surface area (Å²) in [5.74, 6) is -1.79. The normalized spacial score (nSPS) is 11.7. The molecule has 1 atom stereocenters. The zero-order valence-electron chi connectivity index (χ0n) is 16.2. The monoisotopic (exact) mass is 447 g/mol. The van der Waals surface area contributed by atoms with Gasteiger partial charge in [-0.2, -0.15) is 0 Å². The Kier molecular flexibility index (Phi) is 7.17. The first-order valence-corrected chi connectivity index (χ1v) is 10.9. The maximum atomic E-state index is 13.6. The highest BCUT2D eigenvalue weighted by molar-refractivity contribution is 8.00. The number of hydrogen-bond donors (Lipinski definition) is 2. The number of aromatic nitrogens is 1. The van der Waals surface area contributed by atoms with Crippen LogP contribution in [-0.2, 0) is 9.59 Å². The second-order valence-corrected chi connectivity index (χ2v) is 8.37. The zero-order chi connectivity index (χ0) is 21.7. The van der Waals surface area contributed by atoms with Crippen molar-refractivity contribution < 1.29 is 18.4 Å². The Morgan fingerprint density at radius 3 is 2.57 bits per heavy atom. The van der Waals surface area contributed by atoms with Gasteiger partial charge in [-0.15, -0.1) is 23.1 Å². The van der Waals surface area contributed by atoms with E-state index in [4.69, 9.17) is 0 Å². The molecule has 2 amide bonds. The van der Waals surface area contributed by atoms with Crippen molar-refractivity contribution in [2.75, 3.05) is 11.1 Å². The minimum atomic E-state index is -0.694. The molecule has 0 aliphatic carbocycles. The fraction of sp³-hybridized carbons (Fsp3) is 0.190. The van der Waals surface area contributed by atoms with Crippen LogP contribution < -0.4 is 10.6 Å². The van der Waals surface area contributed by atoms with E-state index in [0.717, 1.165) is 35.0 Å². The summed E-state index contributed by atoms with van der Waals surface area (Å²) in [4.78, 5) is 27.9. The molecule has 0 fully saturated rings. The molecule has 0 aliphatic rings. The van der Waals surface area contributed by atoms with Crippen molar-refractivity contribution in [3.05, 3.63) is 65.0 Å². The molecule has 2 N–H and O–H groups in total. The first-order valence-electron chi connectivity index (χ1n) is 9.02. The van der Waals surface area contributed by atoms with E-state index < -0.39 is 11.6 Å². The summed E-state index contributed by atoms with van der Waals surface area (Å²) < 4.78 is 26.6. The van der Waals surface area contributed by atoms with Crippen LogP contribution in [0.5, 0.6) is 0 Å². The average molecular weight is 448 g/mol. The van der Waals surface area contributed by atoms with Gasteiger partial charge < -0.3 is 10.6 Å². The largest absolute Gasteiger partial charge is 0.350 e. The van der Waals surface area contributed by atoms with Gasteiger partial charge in [0.2, 0.25) is 11.8 Å². The van der Waals surface area contributed by atoms with Crippen molar-refractivity contribution in [1.82, 2.24) is 10.3 Å². The lowest BCUT2D eigenvalue weighted by Crippen LogP contribution is -2.23. The Labute approximate surface area is 180 Å². The third-order valence-electron chi connectivity index (χ3n) is 4.13. The smallest absolute Gasteiger partial charge is 0.236 e. The first kappa shape index (κ1) is 21.9. The highest BCUT2D eigenvalue weighted by Gasteiger charge is 2.12. The predicted octanol–water partition coefficient (Wildman–Crippen LogP) is 5.02. The lowest BCUT2D eigenvalue weighted by Gasteiger charge is -2.13. The molecule has 3 aromatic rings. The van der Waals surface area contributed by atoms with Gasteiger partial charge in [-0.1, -0.05) is 24.3 Å². The van der Waals surface area contributed by atoms with Crippen LogP contribution in [0.25, 0.3) is 11.3 Å². The molecule has 9 heteroatoms. The number of carbonyl (C=O) groups excluding carboxylic acids is 2. The molecule has 1 unspecified atom stereocenters. The van der Waals surface area contributed by atoms with Crippen LogP contribution in [0.2, 0.25) is 0 Å². The van der Waals surface area contributed by atoms with Crippen molar-refractivity contribution in [3.63, 3.8) is 0 Å². The number of anilines is 1. The van der Waals surface area contributed by atoms with Crippen molar-refractivity contribution in [3.8, 4) is 11.3 Å². The third-order valence-corrected chi connectivity index (χ3v) is 5.94. The van der Waals surface area contributed by atoms with E-state index >= 15 is 0 Å². The maximum absolute atomic E-state index is 13.6. The number of halogens is 2. The van der Waals surface area contributed by atoms with Crippen LogP contribution in [0.4, 0.5) is 13.9 Å². The summed E-state index contributed by atoms with van der Waals surface area (Å²) >= 11 is 2.27. The molecular formula is C21H19F2N3O2S2. The van der Waals surface area contributed by atoms with E-state index in [9.17, 15) is 18.4 Å². The van der Waals surface area contributed by atoms with Gasteiger partial charge in [-0.25, -0.2) is 13.8 Å². The number of amides is 2. The topological polar surface area (TPSA) is 71.1 Å². The van der Waals surface area contributed by atoms with Gasteiger partial charge in [0.25, 0.3) is 0 Å². The minimum Gasteiger partial charge on any atom is -0.350 e. The SMILES string of the molecule is CC(=O)NC(C)c1ccc(-c2csc(NC(=O)CSc3ccc(F)cc3F)n2)cc1. The van der Waals surface area contributed by atoms with Gasteiger partial charge >= 0.3 is 0 Å². The predicted molar refractivity (Wildman–Crippen MR) is 115 cm³/mol. The molecule has 156 valence electrons. The number of thiazole rings is 1. The van der Waals surface area contributed by atoms with Crippen molar-refractivity contribution in [1.29, 1.82) is 0 Å². The number of thioether (sulfide) groups is 1. The van der Waals surface area contributed by atoms with Gasteiger partial charge in [0.1, 0.15) is 11.6 Å². The van der Waals surface area contributed by atoms with Crippen LogP contribution in [0.3, 0.4) is 0 Å². The highest BCUT2D eigenvalue weighted by atomic mass is 32.2. The summed E-state index contributed by atoms with van der Waals surface area (Å²) in [6.45, 7) is 3.38. The summed E-state index contributed by atoms with van der Waals surface area (Å²) in [6.07, 6.45) is 0. The standard InChI is InChI=1S/C21H19F2N3O2S2/c1-12(24-13(2)27)14-3-5-15(6-4-14)18-10-30-21(25-18)26-20(28)11-29-19-8-7-16(22)9-17(19)23/h3-10,12H,11H2,1-2H3,(H,24,27)(H,25,26,28). The van der Waals surface area contributed by atoms with Crippen molar-refractivity contribution in [2.45, 2.75) is 24.8 Å². The van der Waals surface area contributed by atoms with Crippen LogP contribution in [0.15, 0.2) is 52.7 Å². The molecule has 0 saturated heterocycles. The molecule has 2 aromatic carbocycles. The van der Waals surface area contributed by atoms with Gasteiger partial charge in [0.05, 0.1) is 17.5 Å². The quantitative estimate of drug-likeness (QED) is 0.499. The Hall–Kier alpha value is -2.78. The molecule has 0 aliphatic heterocycles. The number of rotatable bonds is 7. The fourth-order valence-electron chi connectivity index (χ4n) is 2.69. The minimum absolute atomic E-state index is 0.0206. The Morgan fingerprint density at radius 1 is 1.17 bits per heavy atom. The Morgan fingerprint density at radius 2 is 1.90 bits per heavy atom. The van der Waals surface area contributed by atoms with E-state index in [1.54, 1.807) is 0 Å². The molecule has 3 rings (SSSR count). The summed E-state index contributed by atoms with van der Waals surface area (Å²) in [5.41, 5.74) is 2.57. The van der Waals surface area contributed by atoms with E-state index in [2.05, 4.69) is 15.6 Å². The summed E-state index contributed by atoms with van der Waals surface area (Å²) in [7, 11) is 0. The zero-order valence-corrected chi connectivity index (χ0v) is 17.9. The second kappa shape index (κ2) is 9.82. The number of nitrogens with zero attached hydrogens (tertiary/aromatic N) is 1. The van der Waals surface area contributed by atoms with Crippen molar-refractivity contribution >= 4 is 40.0 Å². The van der Waals surface area contributed by atoms with Gasteiger partial charge in [-0.05, 0) is 24.6 Å². The van der Waals surface area contributed by atoms with E-state index in [1.165, 1.54) is 24.3 Å².